The van der Waals surface area contributed by atoms with Gasteiger partial charge in [-0.2, -0.15) is 4.31 Å². The molecule has 0 saturated carbocycles. The number of hydrogen-bond acceptors (Lipinski definition) is 5. The minimum absolute atomic E-state index is 0.118. The highest BCUT2D eigenvalue weighted by Crippen LogP contribution is 2.21. The lowest BCUT2D eigenvalue weighted by Gasteiger charge is -2.25. The molecule has 0 atom stereocenters. The number of sulfonamides is 1. The summed E-state index contributed by atoms with van der Waals surface area (Å²) in [6, 6.07) is 14.4. The molecule has 1 fully saturated rings. The van der Waals surface area contributed by atoms with Gasteiger partial charge in [0.25, 0.3) is 0 Å². The minimum atomic E-state index is -3.44. The molecule has 1 aliphatic rings. The molecule has 150 valence electrons. The number of carbonyl (C=O) groups is 1. The molecular formula is C21H25NO4S2. The van der Waals surface area contributed by atoms with E-state index in [0.29, 0.717) is 13.1 Å². The highest BCUT2D eigenvalue weighted by Gasteiger charge is 2.25. The van der Waals surface area contributed by atoms with Crippen LogP contribution < -0.4 is 0 Å². The fourth-order valence-corrected chi connectivity index (χ4v) is 5.06. The maximum atomic E-state index is 12.7. The van der Waals surface area contributed by atoms with E-state index in [4.69, 9.17) is 4.74 Å². The third-order valence-corrected chi connectivity index (χ3v) is 7.44. The van der Waals surface area contributed by atoms with Crippen LogP contribution >= 0.6 is 11.8 Å². The molecule has 1 heterocycles. The lowest BCUT2D eigenvalue weighted by Crippen LogP contribution is -2.35. The Hall–Kier alpha value is -1.83. The highest BCUT2D eigenvalue weighted by molar-refractivity contribution is 7.98. The molecule has 0 amide bonds. The largest absolute Gasteiger partial charge is 0.461 e. The Morgan fingerprint density at radius 1 is 0.964 bits per heavy atom. The SMILES string of the molecule is CSc1ccc(COC(=O)Cc2ccc(S(=O)(=O)N3CCCCC3)cc2)cc1. The summed E-state index contributed by atoms with van der Waals surface area (Å²) >= 11 is 1.66. The third-order valence-electron chi connectivity index (χ3n) is 4.78. The Kier molecular flexibility index (Phi) is 7.15. The van der Waals surface area contributed by atoms with Crippen LogP contribution in [0.4, 0.5) is 0 Å². The molecule has 0 bridgehead atoms. The fraction of sp³-hybridized carbons (Fsp3) is 0.381. The quantitative estimate of drug-likeness (QED) is 0.504. The molecule has 1 aliphatic heterocycles. The summed E-state index contributed by atoms with van der Waals surface area (Å²) < 4.78 is 32.2. The van der Waals surface area contributed by atoms with Gasteiger partial charge in [-0.1, -0.05) is 30.7 Å². The van der Waals surface area contributed by atoms with E-state index in [2.05, 4.69) is 0 Å². The average molecular weight is 420 g/mol. The van der Waals surface area contributed by atoms with E-state index < -0.39 is 10.0 Å². The van der Waals surface area contributed by atoms with Crippen molar-refractivity contribution < 1.29 is 17.9 Å². The van der Waals surface area contributed by atoms with Crippen LogP contribution in [0.15, 0.2) is 58.3 Å². The predicted octanol–water partition coefficient (Wildman–Crippen LogP) is 3.87. The molecule has 0 radical (unpaired) electrons. The van der Waals surface area contributed by atoms with E-state index in [1.54, 1.807) is 40.3 Å². The number of piperidine rings is 1. The van der Waals surface area contributed by atoms with Gasteiger partial charge in [0.15, 0.2) is 0 Å². The fourth-order valence-electron chi connectivity index (χ4n) is 3.14. The number of esters is 1. The molecule has 2 aromatic carbocycles. The van der Waals surface area contributed by atoms with E-state index in [1.165, 1.54) is 0 Å². The summed E-state index contributed by atoms with van der Waals surface area (Å²) in [6.45, 7) is 1.39. The number of rotatable bonds is 7. The first-order valence-electron chi connectivity index (χ1n) is 9.37. The molecular weight excluding hydrogens is 394 g/mol. The first-order valence-corrected chi connectivity index (χ1v) is 12.0. The summed E-state index contributed by atoms with van der Waals surface area (Å²) in [5, 5.41) is 0. The molecule has 5 nitrogen and oxygen atoms in total. The Morgan fingerprint density at radius 2 is 1.57 bits per heavy atom. The molecule has 0 unspecified atom stereocenters. The molecule has 28 heavy (non-hydrogen) atoms. The second kappa shape index (κ2) is 9.58. The van der Waals surface area contributed by atoms with Crippen LogP contribution in [0.3, 0.4) is 0 Å². The van der Waals surface area contributed by atoms with Crippen molar-refractivity contribution in [1.29, 1.82) is 0 Å². The molecule has 3 rings (SSSR count). The zero-order chi connectivity index (χ0) is 20.0. The second-order valence-electron chi connectivity index (χ2n) is 6.79. The van der Waals surface area contributed by atoms with Crippen molar-refractivity contribution in [1.82, 2.24) is 4.31 Å². The van der Waals surface area contributed by atoms with Crippen molar-refractivity contribution in [3.63, 3.8) is 0 Å². The Labute approximate surface area is 171 Å². The van der Waals surface area contributed by atoms with Gasteiger partial charge in [0.1, 0.15) is 6.61 Å². The van der Waals surface area contributed by atoms with Crippen molar-refractivity contribution in [2.45, 2.75) is 42.1 Å². The molecule has 7 heteroatoms. The topological polar surface area (TPSA) is 63.7 Å². The standard InChI is InChI=1S/C21H25NO4S2/c1-27-19-9-5-18(6-10-19)16-26-21(23)15-17-7-11-20(12-8-17)28(24,25)22-13-3-2-4-14-22/h5-12H,2-4,13-16H2,1H3. The highest BCUT2D eigenvalue weighted by atomic mass is 32.2. The Bertz CT molecular complexity index is 887. The summed E-state index contributed by atoms with van der Waals surface area (Å²) in [5.74, 6) is -0.333. The van der Waals surface area contributed by atoms with Gasteiger partial charge in [0, 0.05) is 18.0 Å². The molecule has 0 aliphatic carbocycles. The molecule has 0 spiro atoms. The third kappa shape index (κ3) is 5.37. The number of thioether (sulfide) groups is 1. The van der Waals surface area contributed by atoms with Gasteiger partial charge in [-0.25, -0.2) is 8.42 Å². The van der Waals surface area contributed by atoms with Gasteiger partial charge in [-0.3, -0.25) is 4.79 Å². The van der Waals surface area contributed by atoms with Gasteiger partial charge >= 0.3 is 5.97 Å². The van der Waals surface area contributed by atoms with Crippen LogP contribution in [0, 0.1) is 0 Å². The smallest absolute Gasteiger partial charge is 0.310 e. The summed E-state index contributed by atoms with van der Waals surface area (Å²) in [7, 11) is -3.44. The Balaban J connectivity index is 1.55. The molecule has 0 N–H and O–H groups in total. The zero-order valence-corrected chi connectivity index (χ0v) is 17.6. The lowest BCUT2D eigenvalue weighted by molar-refractivity contribution is -0.144. The van der Waals surface area contributed by atoms with E-state index in [0.717, 1.165) is 35.3 Å². The van der Waals surface area contributed by atoms with Crippen LogP contribution in [-0.2, 0) is 32.6 Å². The number of benzene rings is 2. The minimum Gasteiger partial charge on any atom is -0.461 e. The number of carbonyl (C=O) groups excluding carboxylic acids is 1. The van der Waals surface area contributed by atoms with E-state index in [9.17, 15) is 13.2 Å². The zero-order valence-electron chi connectivity index (χ0n) is 16.0. The number of ether oxygens (including phenoxy) is 1. The first kappa shape index (κ1) is 20.9. The number of hydrogen-bond donors (Lipinski definition) is 0. The van der Waals surface area contributed by atoms with Crippen LogP contribution in [-0.4, -0.2) is 38.0 Å². The molecule has 2 aromatic rings. The van der Waals surface area contributed by atoms with E-state index >= 15 is 0 Å². The van der Waals surface area contributed by atoms with Crippen LogP contribution in [0.2, 0.25) is 0 Å². The van der Waals surface area contributed by atoms with Gasteiger partial charge in [0.2, 0.25) is 10.0 Å². The van der Waals surface area contributed by atoms with Crippen LogP contribution in [0.1, 0.15) is 30.4 Å². The summed E-state index contributed by atoms with van der Waals surface area (Å²) in [4.78, 5) is 13.5. The van der Waals surface area contributed by atoms with Gasteiger partial charge in [0.05, 0.1) is 11.3 Å². The van der Waals surface area contributed by atoms with Crippen molar-refractivity contribution in [3.8, 4) is 0 Å². The maximum absolute atomic E-state index is 12.7. The molecule has 1 saturated heterocycles. The normalized spacial score (nSPS) is 15.3. The van der Waals surface area contributed by atoms with E-state index in [1.807, 2.05) is 30.5 Å². The second-order valence-corrected chi connectivity index (χ2v) is 9.61. The van der Waals surface area contributed by atoms with Crippen LogP contribution in [0.5, 0.6) is 0 Å². The predicted molar refractivity (Wildman–Crippen MR) is 111 cm³/mol. The number of nitrogens with zero attached hydrogens (tertiary/aromatic N) is 1. The maximum Gasteiger partial charge on any atom is 0.310 e. The first-order chi connectivity index (χ1) is 13.5. The average Bonchev–Trinajstić information content (AvgIpc) is 2.73. The van der Waals surface area contributed by atoms with Gasteiger partial charge in [-0.05, 0) is 54.5 Å². The van der Waals surface area contributed by atoms with Crippen molar-refractivity contribution >= 4 is 27.8 Å². The lowest BCUT2D eigenvalue weighted by atomic mass is 10.1. The van der Waals surface area contributed by atoms with Gasteiger partial charge in [-0.15, -0.1) is 11.8 Å². The molecule has 0 aromatic heterocycles. The van der Waals surface area contributed by atoms with E-state index in [-0.39, 0.29) is 23.9 Å². The summed E-state index contributed by atoms with van der Waals surface area (Å²) in [6.07, 6.45) is 5.02. The van der Waals surface area contributed by atoms with Crippen molar-refractivity contribution in [3.05, 3.63) is 59.7 Å². The van der Waals surface area contributed by atoms with Crippen molar-refractivity contribution in [2.24, 2.45) is 0 Å². The van der Waals surface area contributed by atoms with Gasteiger partial charge < -0.3 is 4.74 Å². The van der Waals surface area contributed by atoms with Crippen LogP contribution in [0.25, 0.3) is 0 Å². The summed E-state index contributed by atoms with van der Waals surface area (Å²) in [5.41, 5.74) is 1.68. The Morgan fingerprint density at radius 3 is 2.18 bits per heavy atom. The monoisotopic (exact) mass is 419 g/mol. The van der Waals surface area contributed by atoms with Crippen molar-refractivity contribution in [2.75, 3.05) is 19.3 Å².